The summed E-state index contributed by atoms with van der Waals surface area (Å²) in [6, 6.07) is 14.4. The van der Waals surface area contributed by atoms with Crippen molar-refractivity contribution in [3.8, 4) is 0 Å². The Kier molecular flexibility index (Phi) is 2.91. The van der Waals surface area contributed by atoms with Crippen molar-refractivity contribution in [3.63, 3.8) is 0 Å². The van der Waals surface area contributed by atoms with Crippen molar-refractivity contribution >= 4 is 32.8 Å². The van der Waals surface area contributed by atoms with E-state index in [1.54, 1.807) is 34.9 Å². The van der Waals surface area contributed by atoms with Crippen molar-refractivity contribution in [2.75, 3.05) is 0 Å². The second-order valence-corrected chi connectivity index (χ2v) is 5.35. The molecule has 0 aliphatic heterocycles. The molecule has 0 aliphatic rings. The summed E-state index contributed by atoms with van der Waals surface area (Å²) in [5.41, 5.74) is 0.905. The predicted molar refractivity (Wildman–Crippen MR) is 92.0 cm³/mol. The maximum atomic E-state index is 12.9. The Bertz CT molecular complexity index is 1200. The van der Waals surface area contributed by atoms with Crippen LogP contribution in [0.3, 0.4) is 0 Å². The molecule has 0 N–H and O–H groups in total. The highest BCUT2D eigenvalue weighted by Gasteiger charge is 2.16. The molecule has 0 fully saturated rings. The fraction of sp³-hybridized carbons (Fsp3) is 0.0526. The van der Waals surface area contributed by atoms with Crippen LogP contribution in [-0.4, -0.2) is 4.57 Å². The summed E-state index contributed by atoms with van der Waals surface area (Å²) in [5, 5.41) is 1.24. The third kappa shape index (κ3) is 1.85. The Balaban J connectivity index is 2.38. The largest absolute Gasteiger partial charge is 0.455 e. The van der Waals surface area contributed by atoms with Crippen molar-refractivity contribution in [1.82, 2.24) is 4.57 Å². The van der Waals surface area contributed by atoms with Crippen LogP contribution in [0.25, 0.3) is 32.8 Å². The van der Waals surface area contributed by atoms with Gasteiger partial charge in [0.1, 0.15) is 11.0 Å². The minimum atomic E-state index is -0.349. The van der Waals surface area contributed by atoms with Gasteiger partial charge >= 0.3 is 0 Å². The van der Waals surface area contributed by atoms with Gasteiger partial charge in [0.05, 0.1) is 10.9 Å². The van der Waals surface area contributed by atoms with Gasteiger partial charge in [0.2, 0.25) is 5.43 Å². The normalized spacial score (nSPS) is 11.3. The number of allylic oxidation sites excluding steroid dienone is 1. The van der Waals surface area contributed by atoms with Gasteiger partial charge in [-0.25, -0.2) is 0 Å². The molecule has 0 unspecified atom stereocenters. The first-order chi connectivity index (χ1) is 11.2. The molecule has 4 heteroatoms. The van der Waals surface area contributed by atoms with Crippen LogP contribution in [0.4, 0.5) is 0 Å². The van der Waals surface area contributed by atoms with Gasteiger partial charge in [0.25, 0.3) is 5.56 Å². The van der Waals surface area contributed by atoms with Gasteiger partial charge in [0.15, 0.2) is 5.58 Å². The summed E-state index contributed by atoms with van der Waals surface area (Å²) < 4.78 is 7.47. The highest BCUT2D eigenvalue weighted by atomic mass is 16.3. The highest BCUT2D eigenvalue weighted by molar-refractivity contribution is 6.04. The van der Waals surface area contributed by atoms with Crippen LogP contribution in [0.1, 0.15) is 0 Å². The number of rotatable bonds is 2. The van der Waals surface area contributed by atoms with Crippen LogP contribution in [0, 0.1) is 0 Å². The van der Waals surface area contributed by atoms with Crippen molar-refractivity contribution < 1.29 is 4.42 Å². The van der Waals surface area contributed by atoms with Gasteiger partial charge < -0.3 is 8.98 Å². The Morgan fingerprint density at radius 1 is 1.00 bits per heavy atom. The first kappa shape index (κ1) is 13.5. The molecule has 2 aromatic carbocycles. The molecule has 2 heterocycles. The van der Waals surface area contributed by atoms with E-state index in [2.05, 4.69) is 6.58 Å². The minimum absolute atomic E-state index is 0.0873. The summed E-state index contributed by atoms with van der Waals surface area (Å²) in [5.74, 6) is 0. The van der Waals surface area contributed by atoms with Gasteiger partial charge in [-0.2, -0.15) is 0 Å². The van der Waals surface area contributed by atoms with Crippen LogP contribution >= 0.6 is 0 Å². The maximum absolute atomic E-state index is 12.9. The van der Waals surface area contributed by atoms with Crippen LogP contribution in [-0.2, 0) is 6.54 Å². The van der Waals surface area contributed by atoms with E-state index in [4.69, 9.17) is 4.42 Å². The average molecular weight is 303 g/mol. The van der Waals surface area contributed by atoms with Gasteiger partial charge in [-0.05, 0) is 24.3 Å². The van der Waals surface area contributed by atoms with Gasteiger partial charge in [0, 0.05) is 11.9 Å². The number of pyridine rings is 1. The molecular weight excluding hydrogens is 290 g/mol. The van der Waals surface area contributed by atoms with Gasteiger partial charge in [-0.3, -0.25) is 9.59 Å². The first-order valence-corrected chi connectivity index (χ1v) is 7.30. The topological polar surface area (TPSA) is 52.2 Å². The summed E-state index contributed by atoms with van der Waals surface area (Å²) in [6.45, 7) is 4.03. The second-order valence-electron chi connectivity index (χ2n) is 5.35. The van der Waals surface area contributed by atoms with E-state index in [9.17, 15) is 9.59 Å². The van der Waals surface area contributed by atoms with Crippen LogP contribution in [0.5, 0.6) is 0 Å². The SMILES string of the molecule is C=CCn1c(=O)c2c(=O)c3ccccc3oc2c2ccccc21. The molecule has 2 aromatic heterocycles. The molecule has 0 spiro atoms. The Morgan fingerprint density at radius 3 is 2.48 bits per heavy atom. The lowest BCUT2D eigenvalue weighted by molar-refractivity contribution is 0.661. The second kappa shape index (κ2) is 4.95. The Hall–Kier alpha value is -3.14. The molecule has 0 saturated carbocycles. The number of nitrogens with zero attached hydrogens (tertiary/aromatic N) is 1. The number of aromatic nitrogens is 1. The predicted octanol–water partition coefficient (Wildman–Crippen LogP) is 3.45. The molecule has 0 amide bonds. The molecule has 112 valence electrons. The number of para-hydroxylation sites is 2. The van der Waals surface area contributed by atoms with E-state index in [0.717, 1.165) is 10.9 Å². The maximum Gasteiger partial charge on any atom is 0.266 e. The Morgan fingerprint density at radius 2 is 1.70 bits per heavy atom. The summed E-state index contributed by atoms with van der Waals surface area (Å²) >= 11 is 0. The standard InChI is InChI=1S/C19H13NO3/c1-2-11-20-14-9-5-3-7-12(14)18-16(19(20)22)17(21)13-8-4-6-10-15(13)23-18/h2-10H,1,11H2. The van der Waals surface area contributed by atoms with E-state index in [-0.39, 0.29) is 16.4 Å². The summed E-state index contributed by atoms with van der Waals surface area (Å²) in [7, 11) is 0. The molecule has 23 heavy (non-hydrogen) atoms. The first-order valence-electron chi connectivity index (χ1n) is 7.30. The third-order valence-corrected chi connectivity index (χ3v) is 4.01. The van der Waals surface area contributed by atoms with E-state index < -0.39 is 0 Å². The zero-order valence-corrected chi connectivity index (χ0v) is 12.3. The highest BCUT2D eigenvalue weighted by Crippen LogP contribution is 2.24. The number of hydrogen-bond acceptors (Lipinski definition) is 3. The average Bonchev–Trinajstić information content (AvgIpc) is 2.58. The van der Waals surface area contributed by atoms with E-state index in [0.29, 0.717) is 23.1 Å². The van der Waals surface area contributed by atoms with Crippen LogP contribution in [0.2, 0.25) is 0 Å². The van der Waals surface area contributed by atoms with Gasteiger partial charge in [-0.1, -0.05) is 30.3 Å². The zero-order valence-electron chi connectivity index (χ0n) is 12.3. The van der Waals surface area contributed by atoms with Crippen LogP contribution < -0.4 is 11.0 Å². The molecule has 4 rings (SSSR count). The lowest BCUT2D eigenvalue weighted by Crippen LogP contribution is -2.25. The quantitative estimate of drug-likeness (QED) is 0.324. The smallest absolute Gasteiger partial charge is 0.266 e. The fourth-order valence-electron chi connectivity index (χ4n) is 2.98. The monoisotopic (exact) mass is 303 g/mol. The lowest BCUT2D eigenvalue weighted by atomic mass is 10.1. The minimum Gasteiger partial charge on any atom is -0.455 e. The molecule has 0 radical (unpaired) electrons. The molecule has 4 nitrogen and oxygen atoms in total. The molecule has 0 aliphatic carbocycles. The van der Waals surface area contributed by atoms with E-state index in [1.165, 1.54) is 0 Å². The summed E-state index contributed by atoms with van der Waals surface area (Å²) in [4.78, 5) is 25.7. The van der Waals surface area contributed by atoms with E-state index >= 15 is 0 Å². The van der Waals surface area contributed by atoms with Gasteiger partial charge in [-0.15, -0.1) is 6.58 Å². The van der Waals surface area contributed by atoms with E-state index in [1.807, 2.05) is 24.3 Å². The number of fused-ring (bicyclic) bond motifs is 4. The van der Waals surface area contributed by atoms with Crippen LogP contribution in [0.15, 0.2) is 75.2 Å². The molecule has 0 bridgehead atoms. The van der Waals surface area contributed by atoms with Crippen molar-refractivity contribution in [2.24, 2.45) is 0 Å². The zero-order chi connectivity index (χ0) is 16.0. The van der Waals surface area contributed by atoms with Crippen molar-refractivity contribution in [2.45, 2.75) is 6.54 Å². The third-order valence-electron chi connectivity index (χ3n) is 4.01. The number of benzene rings is 2. The fourth-order valence-corrected chi connectivity index (χ4v) is 2.98. The lowest BCUT2D eigenvalue weighted by Gasteiger charge is -2.11. The molecular formula is C19H13NO3. The number of hydrogen-bond donors (Lipinski definition) is 0. The molecule has 0 saturated heterocycles. The molecule has 4 aromatic rings. The summed E-state index contributed by atoms with van der Waals surface area (Å²) in [6.07, 6.45) is 1.64. The van der Waals surface area contributed by atoms with Crippen molar-refractivity contribution in [1.29, 1.82) is 0 Å². The van der Waals surface area contributed by atoms with Crippen molar-refractivity contribution in [3.05, 3.63) is 81.8 Å². The Labute approximate surface area is 130 Å². The molecule has 0 atom stereocenters.